The molecule has 0 N–H and O–H groups in total. The summed E-state index contributed by atoms with van der Waals surface area (Å²) in [5.74, 6) is -29.4. The average molecular weight is 446 g/mol. The van der Waals surface area contributed by atoms with E-state index in [4.69, 9.17) is 0 Å². The maximum absolute atomic E-state index is 14.4. The van der Waals surface area contributed by atoms with E-state index in [-0.39, 0.29) is 12.1 Å². The molecule has 0 aliphatic rings. The molecule has 0 saturated heterocycles. The molecule has 0 nitrogen and oxygen atoms in total. The quantitative estimate of drug-likeness (QED) is 0.234. The van der Waals surface area contributed by atoms with Crippen LogP contribution in [0.15, 0.2) is 12.1 Å². The highest BCUT2D eigenvalue weighted by molar-refractivity contribution is 5.74. The summed E-state index contributed by atoms with van der Waals surface area (Å²) in [6.07, 6.45) is 0. The first kappa shape index (κ1) is 21.5. The second-order valence-electron chi connectivity index (χ2n) is 5.69. The molecular weight excluding hydrogens is 444 g/mol. The Morgan fingerprint density at radius 2 is 0.500 bits per heavy atom. The molecule has 0 amide bonds. The number of hydrogen-bond acceptors (Lipinski definition) is 0. The van der Waals surface area contributed by atoms with Crippen LogP contribution in [0, 0.1) is 69.8 Å². The van der Waals surface area contributed by atoms with Crippen LogP contribution in [-0.4, -0.2) is 0 Å². The van der Waals surface area contributed by atoms with Crippen molar-refractivity contribution < 1.29 is 52.7 Å². The van der Waals surface area contributed by atoms with Gasteiger partial charge in [-0.3, -0.25) is 0 Å². The molecule has 0 heterocycles. The highest BCUT2D eigenvalue weighted by atomic mass is 19.2. The average Bonchev–Trinajstić information content (AvgIpc) is 2.68. The van der Waals surface area contributed by atoms with Crippen molar-refractivity contribution in [1.29, 1.82) is 0 Å². The zero-order chi connectivity index (χ0) is 22.7. The highest BCUT2D eigenvalue weighted by Crippen LogP contribution is 2.41. The molecule has 3 aromatic rings. The second kappa shape index (κ2) is 7.26. The molecule has 0 saturated carbocycles. The fourth-order valence-electron chi connectivity index (χ4n) is 2.66. The SMILES string of the molecule is Fc1cc(F)c(-c2c(F)c(F)c(-c3c(F)cc(F)c(F)c3F)c(F)c2F)c(F)c1F. The smallest absolute Gasteiger partial charge is 0.195 e. The molecular formula is C18H2F12. The van der Waals surface area contributed by atoms with Crippen molar-refractivity contribution in [3.8, 4) is 22.3 Å². The molecule has 0 spiro atoms. The van der Waals surface area contributed by atoms with Gasteiger partial charge in [0.25, 0.3) is 0 Å². The van der Waals surface area contributed by atoms with E-state index in [0.29, 0.717) is 0 Å². The third-order valence-corrected chi connectivity index (χ3v) is 3.99. The predicted molar refractivity (Wildman–Crippen MR) is 76.8 cm³/mol. The lowest BCUT2D eigenvalue weighted by molar-refractivity contribution is 0.427. The van der Waals surface area contributed by atoms with Gasteiger partial charge in [0.1, 0.15) is 11.6 Å². The van der Waals surface area contributed by atoms with Crippen LogP contribution in [0.4, 0.5) is 52.7 Å². The molecule has 0 unspecified atom stereocenters. The number of hydrogen-bond donors (Lipinski definition) is 0. The van der Waals surface area contributed by atoms with Crippen LogP contribution >= 0.6 is 0 Å². The van der Waals surface area contributed by atoms with Crippen LogP contribution in [-0.2, 0) is 0 Å². The fraction of sp³-hybridized carbons (Fsp3) is 0. The molecule has 0 aliphatic heterocycles. The summed E-state index contributed by atoms with van der Waals surface area (Å²) in [5, 5.41) is 0. The second-order valence-corrected chi connectivity index (χ2v) is 5.69. The number of halogens is 12. The van der Waals surface area contributed by atoms with Crippen molar-refractivity contribution in [2.75, 3.05) is 0 Å². The summed E-state index contributed by atoms with van der Waals surface area (Å²) in [6, 6.07) is -0.768. The van der Waals surface area contributed by atoms with Gasteiger partial charge in [0.15, 0.2) is 58.2 Å². The lowest BCUT2D eigenvalue weighted by atomic mass is 9.95. The monoisotopic (exact) mass is 446 g/mol. The lowest BCUT2D eigenvalue weighted by Gasteiger charge is -2.15. The van der Waals surface area contributed by atoms with Crippen molar-refractivity contribution >= 4 is 0 Å². The molecule has 3 aromatic carbocycles. The standard InChI is InChI=1S/C18H2F12/c19-3-1-5(21)11(23)13(25)7(3)9-15(27)17(29)10(18(30)16(9)28)8-4(20)2-6(22)12(24)14(8)26/h1-2H. The van der Waals surface area contributed by atoms with E-state index >= 15 is 0 Å². The first-order valence-electron chi connectivity index (χ1n) is 7.42. The van der Waals surface area contributed by atoms with Gasteiger partial charge in [0, 0.05) is 12.1 Å². The molecule has 0 atom stereocenters. The lowest BCUT2D eigenvalue weighted by Crippen LogP contribution is -2.09. The molecule has 0 bridgehead atoms. The Kier molecular flexibility index (Phi) is 5.21. The van der Waals surface area contributed by atoms with E-state index in [0.717, 1.165) is 0 Å². The third kappa shape index (κ3) is 2.97. The van der Waals surface area contributed by atoms with Crippen LogP contribution in [0.3, 0.4) is 0 Å². The molecule has 0 aliphatic carbocycles. The summed E-state index contributed by atoms with van der Waals surface area (Å²) in [4.78, 5) is 0. The van der Waals surface area contributed by atoms with Gasteiger partial charge in [0.2, 0.25) is 0 Å². The Hall–Kier alpha value is -3.18. The predicted octanol–water partition coefficient (Wildman–Crippen LogP) is 6.69. The zero-order valence-corrected chi connectivity index (χ0v) is 13.7. The summed E-state index contributed by atoms with van der Waals surface area (Å²) < 4.78 is 165. The first-order valence-corrected chi connectivity index (χ1v) is 7.42. The van der Waals surface area contributed by atoms with Crippen LogP contribution < -0.4 is 0 Å². The molecule has 0 fully saturated rings. The zero-order valence-electron chi connectivity index (χ0n) is 13.7. The van der Waals surface area contributed by atoms with Crippen LogP contribution in [0.5, 0.6) is 0 Å². The number of benzene rings is 3. The van der Waals surface area contributed by atoms with E-state index < -0.39 is 92.1 Å². The minimum Gasteiger partial charge on any atom is -0.206 e. The summed E-state index contributed by atoms with van der Waals surface area (Å²) >= 11 is 0. The largest absolute Gasteiger partial charge is 0.206 e. The molecule has 3 rings (SSSR count). The van der Waals surface area contributed by atoms with Crippen LogP contribution in [0.25, 0.3) is 22.3 Å². The molecule has 12 heteroatoms. The normalized spacial score (nSPS) is 11.3. The molecule has 30 heavy (non-hydrogen) atoms. The van der Waals surface area contributed by atoms with Crippen molar-refractivity contribution in [2.24, 2.45) is 0 Å². The van der Waals surface area contributed by atoms with Gasteiger partial charge in [-0.1, -0.05) is 0 Å². The van der Waals surface area contributed by atoms with E-state index in [1.807, 2.05) is 0 Å². The van der Waals surface area contributed by atoms with E-state index in [2.05, 4.69) is 0 Å². The van der Waals surface area contributed by atoms with Crippen molar-refractivity contribution in [3.63, 3.8) is 0 Å². The van der Waals surface area contributed by atoms with Gasteiger partial charge in [-0.05, 0) is 0 Å². The number of rotatable bonds is 2. The van der Waals surface area contributed by atoms with Crippen LogP contribution in [0.2, 0.25) is 0 Å². The molecule has 158 valence electrons. The highest BCUT2D eigenvalue weighted by Gasteiger charge is 2.35. The maximum atomic E-state index is 14.4. The van der Waals surface area contributed by atoms with Gasteiger partial charge >= 0.3 is 0 Å². The Bertz CT molecular complexity index is 1090. The minimum atomic E-state index is -2.68. The minimum absolute atomic E-state index is 0.384. The van der Waals surface area contributed by atoms with E-state index in [1.165, 1.54) is 0 Å². The topological polar surface area (TPSA) is 0 Å². The van der Waals surface area contributed by atoms with E-state index in [1.54, 1.807) is 0 Å². The Morgan fingerprint density at radius 3 is 0.767 bits per heavy atom. The van der Waals surface area contributed by atoms with Gasteiger partial charge < -0.3 is 0 Å². The first-order chi connectivity index (χ1) is 13.9. The van der Waals surface area contributed by atoms with Crippen molar-refractivity contribution in [3.05, 3.63) is 81.9 Å². The van der Waals surface area contributed by atoms with Gasteiger partial charge in [-0.15, -0.1) is 0 Å². The van der Waals surface area contributed by atoms with E-state index in [9.17, 15) is 52.7 Å². The third-order valence-electron chi connectivity index (χ3n) is 3.99. The van der Waals surface area contributed by atoms with Gasteiger partial charge in [-0.25, -0.2) is 52.7 Å². The molecule has 0 aromatic heterocycles. The van der Waals surface area contributed by atoms with Gasteiger partial charge in [0.05, 0.1) is 22.3 Å². The summed E-state index contributed by atoms with van der Waals surface area (Å²) in [5.41, 5.74) is -8.57. The van der Waals surface area contributed by atoms with Gasteiger partial charge in [-0.2, -0.15) is 0 Å². The Balaban J connectivity index is 2.45. The fourth-order valence-corrected chi connectivity index (χ4v) is 2.66. The summed E-state index contributed by atoms with van der Waals surface area (Å²) in [6.45, 7) is 0. The maximum Gasteiger partial charge on any atom is 0.195 e. The Labute approximate surface area is 158 Å². The van der Waals surface area contributed by atoms with Crippen molar-refractivity contribution in [1.82, 2.24) is 0 Å². The Morgan fingerprint density at radius 1 is 0.267 bits per heavy atom. The summed E-state index contributed by atoms with van der Waals surface area (Å²) in [7, 11) is 0. The van der Waals surface area contributed by atoms with Crippen molar-refractivity contribution in [2.45, 2.75) is 0 Å². The molecule has 0 radical (unpaired) electrons. The van der Waals surface area contributed by atoms with Crippen LogP contribution in [0.1, 0.15) is 0 Å².